The van der Waals surface area contributed by atoms with Crippen molar-refractivity contribution in [3.8, 4) is 0 Å². The first kappa shape index (κ1) is 21.5. The van der Waals surface area contributed by atoms with Crippen LogP contribution in [0.5, 0.6) is 0 Å². The Morgan fingerprint density at radius 3 is 2.52 bits per heavy atom. The predicted octanol–water partition coefficient (Wildman–Crippen LogP) is 0.838. The Morgan fingerprint density at radius 1 is 1.19 bits per heavy atom. The molecule has 1 amide bonds. The minimum absolute atomic E-state index is 0.0259. The monoisotopic (exact) mass is 395 g/mol. The van der Waals surface area contributed by atoms with Gasteiger partial charge >= 0.3 is 0 Å². The second-order valence-electron chi connectivity index (χ2n) is 6.64. The number of rotatable bonds is 8. The van der Waals surface area contributed by atoms with Crippen LogP contribution in [0.3, 0.4) is 0 Å². The number of benzene rings is 1. The number of halogens is 1. The maximum atomic E-state index is 11.8. The second-order valence-corrected chi connectivity index (χ2v) is 7.07. The molecule has 0 aromatic heterocycles. The number of ether oxygens (including phenoxy) is 1. The highest BCUT2D eigenvalue weighted by Crippen LogP contribution is 2.09. The summed E-state index contributed by atoms with van der Waals surface area (Å²) in [6.07, 6.45) is 0.850. The third-order valence-electron chi connectivity index (χ3n) is 4.31. The van der Waals surface area contributed by atoms with Gasteiger partial charge in [0.15, 0.2) is 5.96 Å². The maximum absolute atomic E-state index is 11.8. The van der Waals surface area contributed by atoms with E-state index in [2.05, 4.69) is 20.5 Å². The van der Waals surface area contributed by atoms with E-state index in [1.54, 1.807) is 19.0 Å². The Bertz CT molecular complexity index is 601. The molecule has 1 aliphatic rings. The van der Waals surface area contributed by atoms with E-state index in [4.69, 9.17) is 16.3 Å². The van der Waals surface area contributed by atoms with Gasteiger partial charge in [-0.3, -0.25) is 9.69 Å². The first-order valence-electron chi connectivity index (χ1n) is 9.31. The molecule has 150 valence electrons. The number of carbonyl (C=O) groups excluding carboxylic acids is 1. The average molecular weight is 396 g/mol. The van der Waals surface area contributed by atoms with Gasteiger partial charge in [0, 0.05) is 51.8 Å². The lowest BCUT2D eigenvalue weighted by Crippen LogP contribution is -2.45. The van der Waals surface area contributed by atoms with Gasteiger partial charge in [0.05, 0.1) is 13.2 Å². The van der Waals surface area contributed by atoms with Gasteiger partial charge in [0.2, 0.25) is 5.91 Å². The van der Waals surface area contributed by atoms with Crippen LogP contribution in [-0.2, 0) is 16.0 Å². The molecule has 8 heteroatoms. The van der Waals surface area contributed by atoms with E-state index in [1.807, 2.05) is 24.3 Å². The quantitative estimate of drug-likeness (QED) is 0.504. The standard InChI is InChI=1S/C19H30ClN5O2/c1-24(2)18(26)15-23-19(22-9-10-25-11-13-27-14-12-25)21-8-7-16-3-5-17(20)6-4-16/h3-6H,7-15H2,1-2H3,(H2,21,22,23). The van der Waals surface area contributed by atoms with Gasteiger partial charge in [-0.15, -0.1) is 0 Å². The number of carbonyl (C=O) groups is 1. The van der Waals surface area contributed by atoms with Crippen molar-refractivity contribution in [1.82, 2.24) is 20.4 Å². The molecule has 0 aliphatic carbocycles. The van der Waals surface area contributed by atoms with Gasteiger partial charge in [-0.1, -0.05) is 23.7 Å². The van der Waals surface area contributed by atoms with E-state index >= 15 is 0 Å². The highest BCUT2D eigenvalue weighted by molar-refractivity contribution is 6.30. The Kier molecular flexibility index (Phi) is 9.38. The summed E-state index contributed by atoms with van der Waals surface area (Å²) in [6, 6.07) is 7.81. The number of amides is 1. The Labute approximate surface area is 166 Å². The molecule has 0 spiro atoms. The molecule has 2 N–H and O–H groups in total. The normalized spacial score (nSPS) is 15.4. The molecule has 1 heterocycles. The Hall–Kier alpha value is -1.83. The molecule has 1 saturated heterocycles. The molecule has 1 aromatic carbocycles. The topological polar surface area (TPSA) is 69.2 Å². The summed E-state index contributed by atoms with van der Waals surface area (Å²) in [5.41, 5.74) is 1.20. The Morgan fingerprint density at radius 2 is 1.85 bits per heavy atom. The maximum Gasteiger partial charge on any atom is 0.243 e. The van der Waals surface area contributed by atoms with E-state index < -0.39 is 0 Å². The van der Waals surface area contributed by atoms with Gasteiger partial charge in [-0.2, -0.15) is 0 Å². The van der Waals surface area contributed by atoms with Crippen LogP contribution in [0, 0.1) is 0 Å². The summed E-state index contributed by atoms with van der Waals surface area (Å²) in [6.45, 7) is 6.03. The second kappa shape index (κ2) is 11.8. The van der Waals surface area contributed by atoms with Crippen molar-refractivity contribution in [2.75, 3.05) is 66.6 Å². The lowest BCUT2D eigenvalue weighted by molar-refractivity contribution is -0.127. The van der Waals surface area contributed by atoms with Gasteiger partial charge in [0.1, 0.15) is 6.54 Å². The number of nitrogens with zero attached hydrogens (tertiary/aromatic N) is 3. The van der Waals surface area contributed by atoms with Gasteiger partial charge < -0.3 is 20.3 Å². The van der Waals surface area contributed by atoms with Crippen molar-refractivity contribution >= 4 is 23.5 Å². The van der Waals surface area contributed by atoms with Crippen molar-refractivity contribution in [1.29, 1.82) is 0 Å². The van der Waals surface area contributed by atoms with E-state index in [1.165, 1.54) is 5.56 Å². The van der Waals surface area contributed by atoms with Crippen LogP contribution >= 0.6 is 11.6 Å². The minimum atomic E-state index is -0.0259. The van der Waals surface area contributed by atoms with E-state index in [-0.39, 0.29) is 12.5 Å². The first-order chi connectivity index (χ1) is 13.0. The van der Waals surface area contributed by atoms with E-state index in [0.29, 0.717) is 5.96 Å². The minimum Gasteiger partial charge on any atom is -0.379 e. The van der Waals surface area contributed by atoms with E-state index in [0.717, 1.165) is 57.4 Å². The van der Waals surface area contributed by atoms with Gasteiger partial charge in [0.25, 0.3) is 0 Å². The molecular weight excluding hydrogens is 366 g/mol. The fourth-order valence-electron chi connectivity index (χ4n) is 2.60. The average Bonchev–Trinajstić information content (AvgIpc) is 2.67. The van der Waals surface area contributed by atoms with Gasteiger partial charge in [-0.25, -0.2) is 4.99 Å². The van der Waals surface area contributed by atoms with Crippen LogP contribution in [-0.4, -0.2) is 88.2 Å². The zero-order chi connectivity index (χ0) is 19.5. The largest absolute Gasteiger partial charge is 0.379 e. The molecule has 27 heavy (non-hydrogen) atoms. The highest BCUT2D eigenvalue weighted by atomic mass is 35.5. The summed E-state index contributed by atoms with van der Waals surface area (Å²) in [4.78, 5) is 20.1. The third kappa shape index (κ3) is 8.60. The van der Waals surface area contributed by atoms with Crippen molar-refractivity contribution < 1.29 is 9.53 Å². The summed E-state index contributed by atoms with van der Waals surface area (Å²) in [5, 5.41) is 7.37. The number of aliphatic imine (C=N–C) groups is 1. The molecule has 0 atom stereocenters. The third-order valence-corrected chi connectivity index (χ3v) is 4.57. The zero-order valence-corrected chi connectivity index (χ0v) is 17.0. The molecule has 0 radical (unpaired) electrons. The number of nitrogens with one attached hydrogen (secondary N) is 2. The van der Waals surface area contributed by atoms with Crippen LogP contribution in [0.1, 0.15) is 5.56 Å². The number of morpholine rings is 1. The molecule has 0 bridgehead atoms. The van der Waals surface area contributed by atoms with Crippen LogP contribution in [0.2, 0.25) is 5.02 Å². The molecule has 1 fully saturated rings. The number of hydrogen-bond acceptors (Lipinski definition) is 4. The molecule has 7 nitrogen and oxygen atoms in total. The summed E-state index contributed by atoms with van der Waals surface area (Å²) in [7, 11) is 3.47. The summed E-state index contributed by atoms with van der Waals surface area (Å²) >= 11 is 5.92. The molecule has 0 saturated carbocycles. The zero-order valence-electron chi connectivity index (χ0n) is 16.2. The smallest absolute Gasteiger partial charge is 0.243 e. The molecule has 2 rings (SSSR count). The van der Waals surface area contributed by atoms with Crippen molar-refractivity contribution in [2.45, 2.75) is 6.42 Å². The van der Waals surface area contributed by atoms with Crippen molar-refractivity contribution in [3.63, 3.8) is 0 Å². The van der Waals surface area contributed by atoms with Gasteiger partial charge in [-0.05, 0) is 24.1 Å². The van der Waals surface area contributed by atoms with Crippen molar-refractivity contribution in [3.05, 3.63) is 34.9 Å². The Balaban J connectivity index is 1.81. The van der Waals surface area contributed by atoms with Crippen LogP contribution in [0.4, 0.5) is 0 Å². The number of likely N-dealkylation sites (N-methyl/N-ethyl adjacent to an activating group) is 1. The molecular formula is C19H30ClN5O2. The fourth-order valence-corrected chi connectivity index (χ4v) is 2.72. The number of guanidine groups is 1. The predicted molar refractivity (Wildman–Crippen MR) is 109 cm³/mol. The first-order valence-corrected chi connectivity index (χ1v) is 9.69. The van der Waals surface area contributed by atoms with E-state index in [9.17, 15) is 4.79 Å². The lowest BCUT2D eigenvalue weighted by atomic mass is 10.1. The summed E-state index contributed by atoms with van der Waals surface area (Å²) < 4.78 is 5.37. The molecule has 0 unspecified atom stereocenters. The van der Waals surface area contributed by atoms with Crippen LogP contribution in [0.15, 0.2) is 29.3 Å². The molecule has 1 aromatic rings. The summed E-state index contributed by atoms with van der Waals surface area (Å²) in [5.74, 6) is 0.634. The van der Waals surface area contributed by atoms with Crippen molar-refractivity contribution in [2.24, 2.45) is 4.99 Å². The number of hydrogen-bond donors (Lipinski definition) is 2. The van der Waals surface area contributed by atoms with Crippen LogP contribution < -0.4 is 10.6 Å². The molecule has 1 aliphatic heterocycles. The highest BCUT2D eigenvalue weighted by Gasteiger charge is 2.10. The van der Waals surface area contributed by atoms with Crippen LogP contribution in [0.25, 0.3) is 0 Å². The SMILES string of the molecule is CN(C)C(=O)CN=C(NCCc1ccc(Cl)cc1)NCCN1CCOCC1. The lowest BCUT2D eigenvalue weighted by Gasteiger charge is -2.26. The fraction of sp³-hybridized carbons (Fsp3) is 0.579.